The monoisotopic (exact) mass is 270 g/mol. The summed E-state index contributed by atoms with van der Waals surface area (Å²) in [7, 11) is 1.49. The van der Waals surface area contributed by atoms with Crippen molar-refractivity contribution in [3.8, 4) is 5.75 Å². The predicted octanol–water partition coefficient (Wildman–Crippen LogP) is -0.0317. The summed E-state index contributed by atoms with van der Waals surface area (Å²) in [5, 5.41) is 0.577. The van der Waals surface area contributed by atoms with Gasteiger partial charge < -0.3 is 17.7 Å². The topological polar surface area (TPSA) is 9.23 Å². The van der Waals surface area contributed by atoms with E-state index in [1.54, 1.807) is 18.2 Å². The molecular weight excluding hydrogens is 263 g/mol. The molecule has 0 aliphatic heterocycles. The number of ether oxygens (including phenoxy) is 1. The molecule has 7 heteroatoms. The molecule has 1 nitrogen and oxygen atoms in total. The minimum atomic E-state index is -4.90. The number of benzene rings is 1. The molecule has 2 rings (SSSR count). The molecule has 0 N–H and O–H groups in total. The quantitative estimate of drug-likeness (QED) is 0.696. The first kappa shape index (κ1) is 14.5. The maximum absolute atomic E-state index is 12.5. The zero-order chi connectivity index (χ0) is 11.1. The summed E-state index contributed by atoms with van der Waals surface area (Å²) < 4.78 is 42.4. The number of halogens is 3. The number of thiophene rings is 1. The van der Waals surface area contributed by atoms with Crippen LogP contribution in [-0.4, -0.2) is 14.1 Å². The summed E-state index contributed by atoms with van der Waals surface area (Å²) in [5.74, 6) is 0.571. The van der Waals surface area contributed by atoms with Crippen LogP contribution in [-0.2, 0) is 0 Å². The average Bonchev–Trinajstić information content (AvgIpc) is 2.59. The SMILES string of the molecule is COc1ccc2sc([B-](F)(F)F)cc2c1.[K+]. The molecule has 2 aromatic rings. The van der Waals surface area contributed by atoms with Crippen LogP contribution < -0.4 is 60.9 Å². The zero-order valence-electron chi connectivity index (χ0n) is 8.84. The van der Waals surface area contributed by atoms with E-state index < -0.39 is 11.8 Å². The maximum atomic E-state index is 12.5. The second-order valence-electron chi connectivity index (χ2n) is 3.13. The summed E-state index contributed by atoms with van der Waals surface area (Å²) >= 11 is 0.771. The van der Waals surface area contributed by atoms with E-state index in [1.165, 1.54) is 13.2 Å². The van der Waals surface area contributed by atoms with E-state index in [2.05, 4.69) is 0 Å². The molecule has 0 aliphatic rings. The van der Waals surface area contributed by atoms with Crippen molar-refractivity contribution >= 4 is 33.2 Å². The number of methoxy groups -OCH3 is 1. The molecule has 1 aromatic heterocycles. The Morgan fingerprint density at radius 3 is 2.44 bits per heavy atom. The minimum Gasteiger partial charge on any atom is -0.497 e. The van der Waals surface area contributed by atoms with Crippen molar-refractivity contribution in [1.82, 2.24) is 0 Å². The maximum Gasteiger partial charge on any atom is 1.00 e. The first-order valence-electron chi connectivity index (χ1n) is 4.28. The molecule has 80 valence electrons. The summed E-state index contributed by atoms with van der Waals surface area (Å²) in [4.78, 5) is 0. The van der Waals surface area contributed by atoms with Crippen LogP contribution in [0, 0.1) is 0 Å². The zero-order valence-corrected chi connectivity index (χ0v) is 12.8. The van der Waals surface area contributed by atoms with Gasteiger partial charge in [-0.15, -0.1) is 0 Å². The van der Waals surface area contributed by atoms with Gasteiger partial charge >= 0.3 is 58.4 Å². The van der Waals surface area contributed by atoms with Gasteiger partial charge in [-0.2, -0.15) is 11.3 Å². The third kappa shape index (κ3) is 3.02. The molecule has 0 unspecified atom stereocenters. The Hall–Kier alpha value is 0.471. The Morgan fingerprint density at radius 2 is 1.88 bits per heavy atom. The molecule has 0 amide bonds. The van der Waals surface area contributed by atoms with E-state index in [4.69, 9.17) is 4.74 Å². The van der Waals surface area contributed by atoms with Crippen LogP contribution in [0.15, 0.2) is 24.3 Å². The number of hydrogen-bond donors (Lipinski definition) is 0. The summed E-state index contributed by atoms with van der Waals surface area (Å²) in [5.41, 5.74) is 0. The minimum absolute atomic E-state index is 0. The summed E-state index contributed by atoms with van der Waals surface area (Å²) in [6.07, 6.45) is 0. The largest absolute Gasteiger partial charge is 1.00 e. The molecule has 0 saturated heterocycles. The molecule has 1 aromatic carbocycles. The van der Waals surface area contributed by atoms with E-state index in [-0.39, 0.29) is 51.4 Å². The van der Waals surface area contributed by atoms with Gasteiger partial charge in [0.25, 0.3) is 0 Å². The van der Waals surface area contributed by atoms with Crippen molar-refractivity contribution in [2.45, 2.75) is 0 Å². The molecule has 1 heterocycles. The van der Waals surface area contributed by atoms with Crippen LogP contribution >= 0.6 is 11.3 Å². The van der Waals surface area contributed by atoms with Gasteiger partial charge in [0.2, 0.25) is 0 Å². The third-order valence-corrected chi connectivity index (χ3v) is 3.28. The van der Waals surface area contributed by atoms with Crippen molar-refractivity contribution in [2.24, 2.45) is 0 Å². The molecule has 0 bridgehead atoms. The van der Waals surface area contributed by atoms with Crippen LogP contribution in [0.2, 0.25) is 0 Å². The van der Waals surface area contributed by atoms with Crippen molar-refractivity contribution in [3.05, 3.63) is 24.3 Å². The van der Waals surface area contributed by atoms with E-state index in [0.717, 1.165) is 11.3 Å². The standard InChI is InChI=1S/C9H7BF3OS.K/c1-14-7-2-3-8-6(4-7)5-9(15-8)10(11,12)13;/h2-5H,1H3;/q-1;+1. The molecule has 0 atom stereocenters. The van der Waals surface area contributed by atoms with Gasteiger partial charge in [-0.25, -0.2) is 0 Å². The average molecular weight is 270 g/mol. The van der Waals surface area contributed by atoms with E-state index in [0.29, 0.717) is 15.8 Å². The fourth-order valence-corrected chi connectivity index (χ4v) is 2.28. The van der Waals surface area contributed by atoms with Crippen molar-refractivity contribution in [2.75, 3.05) is 7.11 Å². The normalized spacial score (nSPS) is 11.2. The summed E-state index contributed by atoms with van der Waals surface area (Å²) in [6.45, 7) is -4.90. The molecule has 0 radical (unpaired) electrons. The van der Waals surface area contributed by atoms with Crippen LogP contribution in [0.25, 0.3) is 10.1 Å². The van der Waals surface area contributed by atoms with Crippen LogP contribution in [0.4, 0.5) is 12.9 Å². The van der Waals surface area contributed by atoms with Crippen molar-refractivity contribution in [3.63, 3.8) is 0 Å². The fraction of sp³-hybridized carbons (Fsp3) is 0.111. The second-order valence-corrected chi connectivity index (χ2v) is 4.24. The van der Waals surface area contributed by atoms with Crippen molar-refractivity contribution in [1.29, 1.82) is 0 Å². The van der Waals surface area contributed by atoms with E-state index in [9.17, 15) is 12.9 Å². The smallest absolute Gasteiger partial charge is 0.497 e. The van der Waals surface area contributed by atoms with Gasteiger partial charge in [-0.1, -0.05) is 10.8 Å². The predicted molar refractivity (Wildman–Crippen MR) is 57.1 cm³/mol. The summed E-state index contributed by atoms with van der Waals surface area (Å²) in [6, 6.07) is 6.08. The Morgan fingerprint density at radius 1 is 1.19 bits per heavy atom. The third-order valence-electron chi connectivity index (χ3n) is 2.07. The fourth-order valence-electron chi connectivity index (χ4n) is 1.33. The van der Waals surface area contributed by atoms with Gasteiger partial charge in [0, 0.05) is 4.70 Å². The first-order chi connectivity index (χ1) is 7.00. The van der Waals surface area contributed by atoms with Gasteiger partial charge in [0.1, 0.15) is 5.75 Å². The molecule has 16 heavy (non-hydrogen) atoms. The Labute approximate surface area is 137 Å². The van der Waals surface area contributed by atoms with Crippen LogP contribution in [0.3, 0.4) is 0 Å². The number of rotatable bonds is 2. The van der Waals surface area contributed by atoms with Crippen LogP contribution in [0.1, 0.15) is 0 Å². The molecular formula is C9H7BF3KOS. The van der Waals surface area contributed by atoms with Gasteiger partial charge in [0.15, 0.2) is 0 Å². The molecule has 0 spiro atoms. The Balaban J connectivity index is 0.00000128. The molecule has 0 fully saturated rings. The number of hydrogen-bond acceptors (Lipinski definition) is 2. The number of fused-ring (bicyclic) bond motifs is 1. The molecule has 0 saturated carbocycles. The molecule has 0 aliphatic carbocycles. The Bertz CT molecular complexity index is 497. The van der Waals surface area contributed by atoms with Gasteiger partial charge in [-0.3, -0.25) is 0 Å². The second kappa shape index (κ2) is 5.41. The van der Waals surface area contributed by atoms with Crippen LogP contribution in [0.5, 0.6) is 5.75 Å². The van der Waals surface area contributed by atoms with Gasteiger partial charge in [0.05, 0.1) is 7.11 Å². The van der Waals surface area contributed by atoms with E-state index in [1.807, 2.05) is 0 Å². The first-order valence-corrected chi connectivity index (χ1v) is 5.10. The van der Waals surface area contributed by atoms with Crippen molar-refractivity contribution < 1.29 is 69.1 Å². The van der Waals surface area contributed by atoms with E-state index >= 15 is 0 Å². The van der Waals surface area contributed by atoms with Gasteiger partial charge in [-0.05, 0) is 23.6 Å². The Kier molecular flexibility index (Phi) is 4.91.